The van der Waals surface area contributed by atoms with E-state index < -0.39 is 27.0 Å². The van der Waals surface area contributed by atoms with E-state index in [4.69, 9.17) is 16.6 Å². The Balaban J connectivity index is 1.32. The van der Waals surface area contributed by atoms with Crippen LogP contribution in [-0.4, -0.2) is 29.3 Å². The molecule has 0 saturated carbocycles. The van der Waals surface area contributed by atoms with Crippen molar-refractivity contribution in [2.24, 2.45) is 0 Å². The van der Waals surface area contributed by atoms with Crippen LogP contribution in [0.2, 0.25) is 5.02 Å². The highest BCUT2D eigenvalue weighted by Gasteiger charge is 2.37. The van der Waals surface area contributed by atoms with E-state index in [0.717, 1.165) is 16.6 Å². The molecule has 0 bridgehead atoms. The third kappa shape index (κ3) is 4.65. The van der Waals surface area contributed by atoms with Crippen molar-refractivity contribution in [3.05, 3.63) is 88.5 Å². The summed E-state index contributed by atoms with van der Waals surface area (Å²) in [4.78, 5) is 24.1. The average molecular weight is 556 g/mol. The Morgan fingerprint density at radius 2 is 1.92 bits per heavy atom. The fourth-order valence-electron chi connectivity index (χ4n) is 4.47. The largest absolute Gasteiger partial charge is 0.351 e. The summed E-state index contributed by atoms with van der Waals surface area (Å²) in [6.45, 7) is 0. The number of carbonyl (C=O) groups is 1. The normalized spacial score (nSPS) is 17.8. The van der Waals surface area contributed by atoms with Crippen LogP contribution in [0.25, 0.3) is 21.3 Å². The van der Waals surface area contributed by atoms with Crippen LogP contribution in [0.4, 0.5) is 9.52 Å². The Morgan fingerprint density at radius 1 is 1.14 bits per heavy atom. The van der Waals surface area contributed by atoms with Gasteiger partial charge in [0.15, 0.2) is 10.9 Å². The van der Waals surface area contributed by atoms with Crippen LogP contribution in [0.5, 0.6) is 0 Å². The average Bonchev–Trinajstić information content (AvgIpc) is 3.53. The predicted octanol–water partition coefficient (Wildman–Crippen LogP) is 5.25. The number of rotatable bonds is 6. The molecule has 0 aliphatic carbocycles. The Labute approximate surface area is 220 Å². The molecule has 2 atom stereocenters. The maximum Gasteiger partial charge on any atom is 0.242 e. The first-order valence-corrected chi connectivity index (χ1v) is 14.1. The number of fused-ring (bicyclic) bond motifs is 2. The minimum Gasteiger partial charge on any atom is -0.351 e. The molecule has 1 amide bonds. The Morgan fingerprint density at radius 3 is 2.65 bits per heavy atom. The van der Waals surface area contributed by atoms with Gasteiger partial charge in [-0.25, -0.2) is 22.8 Å². The molecule has 3 N–H and O–H groups in total. The van der Waals surface area contributed by atoms with Gasteiger partial charge in [-0.2, -0.15) is 0 Å². The lowest BCUT2D eigenvalue weighted by Crippen LogP contribution is -2.21. The number of H-pyrrole nitrogens is 1. The third-order valence-electron chi connectivity index (χ3n) is 6.24. The van der Waals surface area contributed by atoms with Gasteiger partial charge in [0.25, 0.3) is 0 Å². The number of nitrogens with zero attached hydrogens (tertiary/aromatic N) is 2. The van der Waals surface area contributed by atoms with E-state index in [1.807, 2.05) is 41.1 Å². The molecule has 188 valence electrons. The van der Waals surface area contributed by atoms with Crippen LogP contribution in [0, 0.1) is 5.82 Å². The number of aromatic amines is 1. The molecule has 1 aliphatic heterocycles. The number of thiazole rings is 1. The number of nitrogens with one attached hydrogen (secondary N) is 3. The lowest BCUT2D eigenvalue weighted by molar-refractivity contribution is -0.118. The Bertz CT molecular complexity index is 1740. The molecule has 37 heavy (non-hydrogen) atoms. The highest BCUT2D eigenvalue weighted by molar-refractivity contribution is 7.90. The molecule has 1 fully saturated rings. The van der Waals surface area contributed by atoms with Gasteiger partial charge in [-0.1, -0.05) is 59.3 Å². The molecular weight excluding hydrogens is 537 g/mol. The van der Waals surface area contributed by atoms with Gasteiger partial charge >= 0.3 is 0 Å². The minimum absolute atomic E-state index is 0.0942. The SMILES string of the molecule is O=C1C[C@@H](c2ccc(C[C@H](Nc3nc4c(F)cc(Cl)cc4s3)c3nc4ccccc4[nH]3)cc2)S(=O)(=O)N1. The summed E-state index contributed by atoms with van der Waals surface area (Å²) >= 11 is 7.31. The quantitative estimate of drug-likeness (QED) is 0.263. The number of anilines is 1. The maximum atomic E-state index is 14.4. The van der Waals surface area contributed by atoms with Crippen LogP contribution in [0.3, 0.4) is 0 Å². The fourth-order valence-corrected chi connectivity index (χ4v) is 7.14. The second kappa shape index (κ2) is 9.09. The standard InChI is InChI=1S/C25H19ClFN5O3S2/c26-15-10-16(27)23-20(11-15)36-25(31-23)30-19(24-28-17-3-1-2-4-18(17)29-24)9-13-5-7-14(8-6-13)21-12-22(33)32-37(21,34)35/h1-8,10-11,19,21H,9,12H2,(H,28,29)(H,30,31)(H,32,33)/t19-,21-/m0/s1. The van der Waals surface area contributed by atoms with Crippen molar-refractivity contribution in [3.8, 4) is 0 Å². The van der Waals surface area contributed by atoms with Gasteiger partial charge in [0.05, 0.1) is 28.2 Å². The molecule has 5 aromatic rings. The third-order valence-corrected chi connectivity index (χ3v) is 9.09. The van der Waals surface area contributed by atoms with Crippen molar-refractivity contribution in [2.75, 3.05) is 5.32 Å². The minimum atomic E-state index is -3.72. The van der Waals surface area contributed by atoms with E-state index in [2.05, 4.69) is 15.3 Å². The number of carbonyl (C=O) groups excluding carboxylic acids is 1. The van der Waals surface area contributed by atoms with Crippen LogP contribution in [-0.2, 0) is 21.2 Å². The fraction of sp³-hybridized carbons (Fsp3) is 0.160. The van der Waals surface area contributed by atoms with Crippen molar-refractivity contribution < 1.29 is 17.6 Å². The smallest absolute Gasteiger partial charge is 0.242 e. The van der Waals surface area contributed by atoms with Crippen LogP contribution >= 0.6 is 22.9 Å². The molecule has 1 saturated heterocycles. The zero-order valence-electron chi connectivity index (χ0n) is 19.0. The highest BCUT2D eigenvalue weighted by Crippen LogP contribution is 2.34. The van der Waals surface area contributed by atoms with Crippen molar-refractivity contribution >= 4 is 65.2 Å². The summed E-state index contributed by atoms with van der Waals surface area (Å²) in [6.07, 6.45) is 0.386. The first kappa shape index (κ1) is 23.8. The first-order chi connectivity index (χ1) is 17.7. The van der Waals surface area contributed by atoms with Gasteiger partial charge in [0.2, 0.25) is 15.9 Å². The number of imidazole rings is 1. The molecule has 0 unspecified atom stereocenters. The van der Waals surface area contributed by atoms with Crippen LogP contribution in [0.1, 0.15) is 34.7 Å². The van der Waals surface area contributed by atoms with E-state index in [9.17, 15) is 17.6 Å². The summed E-state index contributed by atoms with van der Waals surface area (Å²) in [7, 11) is -3.72. The number of hydrogen-bond donors (Lipinski definition) is 3. The number of para-hydroxylation sites is 2. The predicted molar refractivity (Wildman–Crippen MR) is 142 cm³/mol. The van der Waals surface area contributed by atoms with E-state index in [0.29, 0.717) is 32.7 Å². The summed E-state index contributed by atoms with van der Waals surface area (Å²) in [5.41, 5.74) is 3.39. The van der Waals surface area contributed by atoms with Gasteiger partial charge in [0, 0.05) is 5.02 Å². The van der Waals surface area contributed by atoms with E-state index in [1.165, 1.54) is 17.4 Å². The van der Waals surface area contributed by atoms with Gasteiger partial charge in [0.1, 0.15) is 16.6 Å². The lowest BCUT2D eigenvalue weighted by Gasteiger charge is -2.17. The number of benzene rings is 3. The molecule has 1 aliphatic rings. The second-order valence-corrected chi connectivity index (χ2v) is 12.1. The second-order valence-electron chi connectivity index (χ2n) is 8.80. The molecule has 3 heterocycles. The van der Waals surface area contributed by atoms with Crippen molar-refractivity contribution in [2.45, 2.75) is 24.1 Å². The maximum absolute atomic E-state index is 14.4. The molecule has 3 aromatic carbocycles. The molecule has 12 heteroatoms. The topological polar surface area (TPSA) is 117 Å². The van der Waals surface area contributed by atoms with Crippen molar-refractivity contribution in [1.29, 1.82) is 0 Å². The summed E-state index contributed by atoms with van der Waals surface area (Å²) in [6, 6.07) is 17.4. The van der Waals surface area contributed by atoms with Gasteiger partial charge in [-0.3, -0.25) is 9.52 Å². The number of hydrogen-bond acceptors (Lipinski definition) is 7. The number of amides is 1. The van der Waals surface area contributed by atoms with E-state index in [1.54, 1.807) is 18.2 Å². The molecule has 0 radical (unpaired) electrons. The van der Waals surface area contributed by atoms with Gasteiger partial charge in [-0.15, -0.1) is 0 Å². The molecule has 0 spiro atoms. The molecule has 2 aromatic heterocycles. The van der Waals surface area contributed by atoms with Gasteiger partial charge < -0.3 is 10.3 Å². The monoisotopic (exact) mass is 555 g/mol. The zero-order chi connectivity index (χ0) is 25.7. The zero-order valence-corrected chi connectivity index (χ0v) is 21.4. The summed E-state index contributed by atoms with van der Waals surface area (Å²) < 4.78 is 41.5. The van der Waals surface area contributed by atoms with Crippen molar-refractivity contribution in [1.82, 2.24) is 19.7 Å². The van der Waals surface area contributed by atoms with E-state index >= 15 is 0 Å². The Kier molecular flexibility index (Phi) is 5.85. The van der Waals surface area contributed by atoms with E-state index in [-0.39, 0.29) is 18.0 Å². The molecular formula is C25H19ClFN5O3S2. The summed E-state index contributed by atoms with van der Waals surface area (Å²) in [5.74, 6) is -0.314. The number of aromatic nitrogens is 3. The molecule has 8 nitrogen and oxygen atoms in total. The number of halogens is 2. The first-order valence-electron chi connectivity index (χ1n) is 11.4. The highest BCUT2D eigenvalue weighted by atomic mass is 35.5. The van der Waals surface area contributed by atoms with Crippen LogP contribution < -0.4 is 10.0 Å². The molecule has 6 rings (SSSR count). The van der Waals surface area contributed by atoms with Crippen LogP contribution in [0.15, 0.2) is 60.7 Å². The number of sulfonamides is 1. The summed E-state index contributed by atoms with van der Waals surface area (Å²) in [5, 5.41) is 3.30. The van der Waals surface area contributed by atoms with Gasteiger partial charge in [-0.05, 0) is 41.8 Å². The Hall–Kier alpha value is -3.54. The lowest BCUT2D eigenvalue weighted by atomic mass is 10.0. The van der Waals surface area contributed by atoms with Crippen molar-refractivity contribution in [3.63, 3.8) is 0 Å².